The molecule has 0 aliphatic carbocycles. The zero-order valence-electron chi connectivity index (χ0n) is 11.5. The number of aryl methyl sites for hydroxylation is 1. The quantitative estimate of drug-likeness (QED) is 0.608. The SMILES string of the molecule is CCn1nccc1CNCCCCOCCOC. The van der Waals surface area contributed by atoms with E-state index in [-0.39, 0.29) is 0 Å². The number of hydrogen-bond donors (Lipinski definition) is 1. The summed E-state index contributed by atoms with van der Waals surface area (Å²) in [5, 5.41) is 7.66. The van der Waals surface area contributed by atoms with E-state index in [4.69, 9.17) is 9.47 Å². The highest BCUT2D eigenvalue weighted by molar-refractivity contribution is 4.99. The van der Waals surface area contributed by atoms with Crippen LogP contribution >= 0.6 is 0 Å². The number of hydrogen-bond acceptors (Lipinski definition) is 4. The van der Waals surface area contributed by atoms with Gasteiger partial charge in [0, 0.05) is 33.0 Å². The van der Waals surface area contributed by atoms with Gasteiger partial charge in [-0.15, -0.1) is 0 Å². The largest absolute Gasteiger partial charge is 0.382 e. The van der Waals surface area contributed by atoms with Crippen molar-refractivity contribution in [2.45, 2.75) is 32.9 Å². The van der Waals surface area contributed by atoms with Crippen LogP contribution in [-0.2, 0) is 22.6 Å². The summed E-state index contributed by atoms with van der Waals surface area (Å²) in [5.41, 5.74) is 1.24. The second-order valence-electron chi connectivity index (χ2n) is 4.13. The van der Waals surface area contributed by atoms with Crippen LogP contribution in [0.5, 0.6) is 0 Å². The summed E-state index contributed by atoms with van der Waals surface area (Å²) in [6.07, 6.45) is 4.07. The molecule has 0 saturated carbocycles. The van der Waals surface area contributed by atoms with Crippen molar-refractivity contribution in [3.05, 3.63) is 18.0 Å². The average Bonchev–Trinajstić information content (AvgIpc) is 2.84. The van der Waals surface area contributed by atoms with Crippen LogP contribution in [0.4, 0.5) is 0 Å². The molecule has 5 heteroatoms. The van der Waals surface area contributed by atoms with Crippen molar-refractivity contribution < 1.29 is 9.47 Å². The molecule has 5 nitrogen and oxygen atoms in total. The Balaban J connectivity index is 1.92. The maximum Gasteiger partial charge on any atom is 0.0700 e. The van der Waals surface area contributed by atoms with Crippen molar-refractivity contribution in [2.75, 3.05) is 33.5 Å². The van der Waals surface area contributed by atoms with Crippen LogP contribution in [0.3, 0.4) is 0 Å². The topological polar surface area (TPSA) is 48.3 Å². The third-order valence-electron chi connectivity index (χ3n) is 2.73. The van der Waals surface area contributed by atoms with E-state index in [1.807, 2.05) is 10.9 Å². The van der Waals surface area contributed by atoms with E-state index in [0.29, 0.717) is 13.2 Å². The van der Waals surface area contributed by atoms with Crippen molar-refractivity contribution >= 4 is 0 Å². The van der Waals surface area contributed by atoms with Crippen LogP contribution in [0.2, 0.25) is 0 Å². The van der Waals surface area contributed by atoms with Gasteiger partial charge in [-0.25, -0.2) is 0 Å². The molecule has 0 aliphatic rings. The van der Waals surface area contributed by atoms with Crippen molar-refractivity contribution in [1.82, 2.24) is 15.1 Å². The summed E-state index contributed by atoms with van der Waals surface area (Å²) in [6, 6.07) is 2.06. The van der Waals surface area contributed by atoms with Gasteiger partial charge in [0.2, 0.25) is 0 Å². The number of aromatic nitrogens is 2. The van der Waals surface area contributed by atoms with E-state index in [2.05, 4.69) is 23.4 Å². The molecule has 1 N–H and O–H groups in total. The van der Waals surface area contributed by atoms with Gasteiger partial charge < -0.3 is 14.8 Å². The Morgan fingerprint density at radius 1 is 1.28 bits per heavy atom. The number of ether oxygens (including phenoxy) is 2. The van der Waals surface area contributed by atoms with Crippen molar-refractivity contribution in [2.24, 2.45) is 0 Å². The molecule has 0 aromatic carbocycles. The lowest BCUT2D eigenvalue weighted by atomic mass is 10.3. The first-order valence-corrected chi connectivity index (χ1v) is 6.66. The van der Waals surface area contributed by atoms with Crippen molar-refractivity contribution in [3.63, 3.8) is 0 Å². The maximum atomic E-state index is 5.40. The predicted molar refractivity (Wildman–Crippen MR) is 71.5 cm³/mol. The third-order valence-corrected chi connectivity index (χ3v) is 2.73. The van der Waals surface area contributed by atoms with Crippen LogP contribution in [0.1, 0.15) is 25.5 Å². The highest BCUT2D eigenvalue weighted by Gasteiger charge is 1.99. The molecule has 0 amide bonds. The van der Waals surface area contributed by atoms with Gasteiger partial charge in [-0.1, -0.05) is 0 Å². The summed E-state index contributed by atoms with van der Waals surface area (Å²) < 4.78 is 12.3. The van der Waals surface area contributed by atoms with E-state index < -0.39 is 0 Å². The zero-order chi connectivity index (χ0) is 13.1. The average molecular weight is 255 g/mol. The van der Waals surface area contributed by atoms with Crippen LogP contribution in [0, 0.1) is 0 Å². The number of rotatable bonds is 11. The van der Waals surface area contributed by atoms with Crippen LogP contribution in [-0.4, -0.2) is 43.3 Å². The molecular weight excluding hydrogens is 230 g/mol. The second kappa shape index (κ2) is 10.1. The minimum Gasteiger partial charge on any atom is -0.382 e. The summed E-state index contributed by atoms with van der Waals surface area (Å²) >= 11 is 0. The Morgan fingerprint density at radius 3 is 2.94 bits per heavy atom. The maximum absolute atomic E-state index is 5.40. The number of methoxy groups -OCH3 is 1. The first-order valence-electron chi connectivity index (χ1n) is 6.66. The first kappa shape index (κ1) is 15.1. The minimum atomic E-state index is 0.680. The monoisotopic (exact) mass is 255 g/mol. The zero-order valence-corrected chi connectivity index (χ0v) is 11.5. The van der Waals surface area contributed by atoms with E-state index in [1.165, 1.54) is 5.69 Å². The molecule has 0 saturated heterocycles. The van der Waals surface area contributed by atoms with Gasteiger partial charge in [0.05, 0.1) is 18.9 Å². The molecule has 0 fully saturated rings. The molecule has 0 aliphatic heterocycles. The van der Waals surface area contributed by atoms with Gasteiger partial charge in [-0.3, -0.25) is 4.68 Å². The van der Waals surface area contributed by atoms with Gasteiger partial charge in [0.1, 0.15) is 0 Å². The second-order valence-corrected chi connectivity index (χ2v) is 4.13. The fraction of sp³-hybridized carbons (Fsp3) is 0.769. The molecule has 1 aromatic heterocycles. The molecule has 0 bridgehead atoms. The molecule has 0 spiro atoms. The first-order chi connectivity index (χ1) is 8.88. The molecule has 0 atom stereocenters. The normalized spacial score (nSPS) is 11.0. The summed E-state index contributed by atoms with van der Waals surface area (Å²) in [4.78, 5) is 0. The highest BCUT2D eigenvalue weighted by Crippen LogP contribution is 1.98. The lowest BCUT2D eigenvalue weighted by molar-refractivity contribution is 0.0688. The van der Waals surface area contributed by atoms with Gasteiger partial charge in [0.25, 0.3) is 0 Å². The van der Waals surface area contributed by atoms with Crippen molar-refractivity contribution in [3.8, 4) is 0 Å². The van der Waals surface area contributed by atoms with E-state index in [0.717, 1.165) is 39.1 Å². The van der Waals surface area contributed by atoms with Gasteiger partial charge >= 0.3 is 0 Å². The number of nitrogens with zero attached hydrogens (tertiary/aromatic N) is 2. The van der Waals surface area contributed by atoms with Gasteiger partial charge in [-0.2, -0.15) is 5.10 Å². The predicted octanol–water partition coefficient (Wildman–Crippen LogP) is 1.44. The van der Waals surface area contributed by atoms with Crippen LogP contribution in [0.15, 0.2) is 12.3 Å². The molecule has 104 valence electrons. The Bertz CT molecular complexity index is 302. The summed E-state index contributed by atoms with van der Waals surface area (Å²) in [5.74, 6) is 0. The van der Waals surface area contributed by atoms with E-state index in [1.54, 1.807) is 7.11 Å². The van der Waals surface area contributed by atoms with Crippen molar-refractivity contribution in [1.29, 1.82) is 0 Å². The number of unbranched alkanes of at least 4 members (excludes halogenated alkanes) is 1. The minimum absolute atomic E-state index is 0.680. The van der Waals surface area contributed by atoms with Gasteiger partial charge in [0.15, 0.2) is 0 Å². The molecule has 18 heavy (non-hydrogen) atoms. The Kier molecular flexibility index (Phi) is 8.46. The van der Waals surface area contributed by atoms with Crippen LogP contribution in [0.25, 0.3) is 0 Å². The summed E-state index contributed by atoms with van der Waals surface area (Å²) in [7, 11) is 1.69. The Labute approximate surface area is 109 Å². The fourth-order valence-electron chi connectivity index (χ4n) is 1.71. The Hall–Kier alpha value is -0.910. The molecule has 1 rings (SSSR count). The fourth-order valence-corrected chi connectivity index (χ4v) is 1.71. The molecule has 0 unspecified atom stereocenters. The highest BCUT2D eigenvalue weighted by atomic mass is 16.5. The Morgan fingerprint density at radius 2 is 2.17 bits per heavy atom. The lowest BCUT2D eigenvalue weighted by Gasteiger charge is -2.07. The standard InChI is InChI=1S/C13H25N3O2/c1-3-16-13(6-8-15-16)12-14-7-4-5-9-18-11-10-17-2/h6,8,14H,3-5,7,9-12H2,1-2H3. The smallest absolute Gasteiger partial charge is 0.0700 e. The van der Waals surface area contributed by atoms with E-state index >= 15 is 0 Å². The lowest BCUT2D eigenvalue weighted by Crippen LogP contribution is -2.18. The summed E-state index contributed by atoms with van der Waals surface area (Å²) in [6.45, 7) is 7.13. The molecule has 0 radical (unpaired) electrons. The van der Waals surface area contributed by atoms with Gasteiger partial charge in [-0.05, 0) is 32.4 Å². The van der Waals surface area contributed by atoms with E-state index in [9.17, 15) is 0 Å². The number of nitrogens with one attached hydrogen (secondary N) is 1. The third kappa shape index (κ3) is 6.14. The van der Waals surface area contributed by atoms with Crippen LogP contribution < -0.4 is 5.32 Å². The molecule has 1 aromatic rings. The molecular formula is C13H25N3O2. The molecule has 1 heterocycles.